The smallest absolute Gasteiger partial charge is 0.350 e. The van der Waals surface area contributed by atoms with Crippen molar-refractivity contribution in [1.29, 1.82) is 0 Å². The second kappa shape index (κ2) is 9.64. The fourth-order valence-electron chi connectivity index (χ4n) is 3.82. The molecule has 4 rings (SSSR count). The maximum atomic E-state index is 14.0. The lowest BCUT2D eigenvalue weighted by molar-refractivity contribution is 0.0388. The Morgan fingerprint density at radius 1 is 1.17 bits per heavy atom. The van der Waals surface area contributed by atoms with Crippen LogP contribution in [0, 0.1) is 25.5 Å². The van der Waals surface area contributed by atoms with E-state index in [1.807, 2.05) is 0 Å². The van der Waals surface area contributed by atoms with Crippen LogP contribution in [0.1, 0.15) is 52.9 Å². The maximum absolute atomic E-state index is 14.0. The van der Waals surface area contributed by atoms with Gasteiger partial charge in [0.15, 0.2) is 11.6 Å². The first-order valence-electron chi connectivity index (χ1n) is 10.8. The highest BCUT2D eigenvalue weighted by atomic mass is 19.3. The molecule has 0 saturated heterocycles. The number of aliphatic hydroxyl groups is 1. The Bertz CT molecular complexity index is 1420. The second-order valence-electron chi connectivity index (χ2n) is 8.65. The minimum atomic E-state index is -3.02. The number of carbonyl (C=O) groups is 1. The van der Waals surface area contributed by atoms with E-state index in [1.54, 1.807) is 26.0 Å². The summed E-state index contributed by atoms with van der Waals surface area (Å²) in [4.78, 5) is 13.5. The predicted molar refractivity (Wildman–Crippen MR) is 118 cm³/mol. The number of nitrogens with zero attached hydrogens (tertiary/aromatic N) is 6. The maximum Gasteiger partial charge on any atom is 0.350 e. The Morgan fingerprint density at radius 3 is 2.47 bits per heavy atom. The number of benzene rings is 1. The number of ether oxygens (including phenoxy) is 1. The van der Waals surface area contributed by atoms with Crippen LogP contribution in [-0.2, 0) is 12.0 Å². The summed E-state index contributed by atoms with van der Waals surface area (Å²) in [5, 5.41) is 24.8. The lowest BCUT2D eigenvalue weighted by atomic mass is 9.83. The zero-order valence-corrected chi connectivity index (χ0v) is 19.5. The van der Waals surface area contributed by atoms with E-state index >= 15 is 0 Å². The van der Waals surface area contributed by atoms with Crippen molar-refractivity contribution in [2.24, 2.45) is 0 Å². The quantitative estimate of drug-likeness (QED) is 0.272. The number of carbonyl (C=O) groups excluding carboxylic acids is 1. The molecule has 9 nitrogen and oxygen atoms in total. The van der Waals surface area contributed by atoms with Gasteiger partial charge in [0, 0.05) is 12.5 Å². The summed E-state index contributed by atoms with van der Waals surface area (Å²) in [6.07, 6.45) is -0.328. The highest BCUT2D eigenvalue weighted by molar-refractivity contribution is 6.04. The average Bonchev–Trinajstić information content (AvgIpc) is 3.44. The number of Topliss-reactive ketones (excluding diaryl/α,β-unsaturated/α-hetero) is 1. The van der Waals surface area contributed by atoms with Gasteiger partial charge in [-0.1, -0.05) is 10.9 Å². The van der Waals surface area contributed by atoms with Crippen molar-refractivity contribution in [3.63, 3.8) is 0 Å². The lowest BCUT2D eigenvalue weighted by Crippen LogP contribution is -2.32. The summed E-state index contributed by atoms with van der Waals surface area (Å²) in [6.45, 7) is 0.767. The van der Waals surface area contributed by atoms with Gasteiger partial charge in [-0.2, -0.15) is 13.9 Å². The minimum Gasteiger partial charge on any atom is -0.473 e. The van der Waals surface area contributed by atoms with E-state index in [9.17, 15) is 27.5 Å². The van der Waals surface area contributed by atoms with Crippen molar-refractivity contribution in [3.05, 3.63) is 70.2 Å². The van der Waals surface area contributed by atoms with Crippen LogP contribution in [-0.4, -0.2) is 47.3 Å². The van der Waals surface area contributed by atoms with E-state index in [-0.39, 0.29) is 34.0 Å². The van der Waals surface area contributed by atoms with Crippen LogP contribution in [0.15, 0.2) is 30.3 Å². The molecule has 0 saturated carbocycles. The van der Waals surface area contributed by atoms with E-state index in [0.717, 1.165) is 12.1 Å². The number of alkyl halides is 2. The van der Waals surface area contributed by atoms with Crippen LogP contribution in [0.4, 0.5) is 17.6 Å². The molecule has 0 bridgehead atoms. The average molecular weight is 506 g/mol. The molecule has 4 aromatic rings. The molecule has 1 unspecified atom stereocenters. The highest BCUT2D eigenvalue weighted by Gasteiger charge is 2.36. The van der Waals surface area contributed by atoms with Gasteiger partial charge in [0.05, 0.1) is 34.4 Å². The molecule has 0 aliphatic rings. The number of aliphatic hydroxyl groups excluding tert-OH is 1. The Kier molecular flexibility index (Phi) is 6.76. The second-order valence-corrected chi connectivity index (χ2v) is 8.65. The molecular formula is C23H22F4N6O3. The van der Waals surface area contributed by atoms with Crippen molar-refractivity contribution in [1.82, 2.24) is 29.8 Å². The molecule has 0 aliphatic heterocycles. The van der Waals surface area contributed by atoms with Gasteiger partial charge in [-0.25, -0.2) is 13.3 Å². The lowest BCUT2D eigenvalue weighted by Gasteiger charge is -2.22. The van der Waals surface area contributed by atoms with Crippen LogP contribution >= 0.6 is 0 Å². The highest BCUT2D eigenvalue weighted by Crippen LogP contribution is 2.30. The van der Waals surface area contributed by atoms with Crippen LogP contribution < -0.4 is 4.74 Å². The number of fused-ring (bicyclic) bond motifs is 1. The first kappa shape index (κ1) is 25.2. The molecule has 190 valence electrons. The molecule has 13 heteroatoms. The van der Waals surface area contributed by atoms with Crippen LogP contribution in [0.25, 0.3) is 5.52 Å². The molecule has 36 heavy (non-hydrogen) atoms. The third kappa shape index (κ3) is 4.65. The molecule has 0 fully saturated rings. The molecule has 1 aromatic carbocycles. The number of halogens is 4. The fourth-order valence-corrected chi connectivity index (χ4v) is 3.82. The molecule has 0 radical (unpaired) electrons. The molecule has 3 heterocycles. The van der Waals surface area contributed by atoms with Gasteiger partial charge >= 0.3 is 6.55 Å². The monoisotopic (exact) mass is 506 g/mol. The first-order chi connectivity index (χ1) is 17.0. The van der Waals surface area contributed by atoms with Crippen molar-refractivity contribution in [3.8, 4) is 5.88 Å². The van der Waals surface area contributed by atoms with Crippen molar-refractivity contribution in [2.75, 3.05) is 6.61 Å². The summed E-state index contributed by atoms with van der Waals surface area (Å²) in [6, 6.07) is 6.78. The largest absolute Gasteiger partial charge is 0.473 e. The summed E-state index contributed by atoms with van der Waals surface area (Å²) in [5.41, 5.74) is -0.0527. The topological polar surface area (TPSA) is 107 Å². The number of rotatable bonds is 9. The summed E-state index contributed by atoms with van der Waals surface area (Å²) < 4.78 is 60.8. The van der Waals surface area contributed by atoms with Gasteiger partial charge in [-0.05, 0) is 49.7 Å². The molecule has 1 N–H and O–H groups in total. The van der Waals surface area contributed by atoms with Crippen LogP contribution in [0.3, 0.4) is 0 Å². The van der Waals surface area contributed by atoms with Crippen molar-refractivity contribution >= 4 is 11.3 Å². The normalized spacial score (nSPS) is 13.4. The van der Waals surface area contributed by atoms with Gasteiger partial charge in [0.2, 0.25) is 5.88 Å². The standard InChI is InChI=1S/C23H22F4N6O3/c1-12-7-17-20(18(35)9-23(3,11-34)21-28-31-33(30-21)22(26)27)13(2)29-32(17)19(8-12)36-10-14-15(24)5-4-6-16(14)25/h4-8,22,34H,9-11H2,1-3H3. The third-order valence-corrected chi connectivity index (χ3v) is 5.77. The zero-order chi connectivity index (χ0) is 26.2. The van der Waals surface area contributed by atoms with E-state index in [0.29, 0.717) is 16.8 Å². The van der Waals surface area contributed by atoms with Crippen LogP contribution in [0.5, 0.6) is 5.88 Å². The van der Waals surface area contributed by atoms with Gasteiger partial charge < -0.3 is 9.84 Å². The summed E-state index contributed by atoms with van der Waals surface area (Å²) in [5.74, 6) is -2.02. The third-order valence-electron chi connectivity index (χ3n) is 5.77. The molecule has 0 amide bonds. The molecule has 3 aromatic heterocycles. The number of hydrogen-bond acceptors (Lipinski definition) is 7. The Hall–Kier alpha value is -3.87. The Morgan fingerprint density at radius 2 is 1.86 bits per heavy atom. The number of hydrogen-bond donors (Lipinski definition) is 1. The summed E-state index contributed by atoms with van der Waals surface area (Å²) >= 11 is 0. The minimum absolute atomic E-state index is 0.0969. The van der Waals surface area contributed by atoms with Gasteiger partial charge in [-0.3, -0.25) is 4.79 Å². The molecule has 0 spiro atoms. The zero-order valence-electron chi connectivity index (χ0n) is 19.5. The van der Waals surface area contributed by atoms with E-state index in [1.165, 1.54) is 17.5 Å². The van der Waals surface area contributed by atoms with Gasteiger partial charge in [0.1, 0.15) is 18.2 Å². The number of ketones is 1. The fraction of sp³-hybridized carbons (Fsp3) is 0.348. The molecule has 0 aliphatic carbocycles. The van der Waals surface area contributed by atoms with E-state index in [4.69, 9.17) is 4.74 Å². The predicted octanol–water partition coefficient (Wildman–Crippen LogP) is 3.71. The number of aryl methyl sites for hydroxylation is 2. The van der Waals surface area contributed by atoms with Crippen molar-refractivity contribution in [2.45, 2.75) is 45.8 Å². The number of tetrazole rings is 1. The SMILES string of the molecule is Cc1cc(OCc2c(F)cccc2F)n2nc(C)c(C(=O)CC(C)(CO)c3nnn(C(F)F)n3)c2c1. The van der Waals surface area contributed by atoms with Crippen molar-refractivity contribution < 1.29 is 32.2 Å². The van der Waals surface area contributed by atoms with E-state index < -0.39 is 42.6 Å². The first-order valence-corrected chi connectivity index (χ1v) is 10.8. The van der Waals surface area contributed by atoms with Gasteiger partial charge in [-0.15, -0.1) is 10.2 Å². The Balaban J connectivity index is 1.67. The molecule has 1 atom stereocenters. The van der Waals surface area contributed by atoms with Gasteiger partial charge in [0.25, 0.3) is 0 Å². The Labute approximate surface area is 202 Å². The van der Waals surface area contributed by atoms with E-state index in [2.05, 4.69) is 20.5 Å². The van der Waals surface area contributed by atoms with Crippen LogP contribution in [0.2, 0.25) is 0 Å². The number of pyridine rings is 1. The number of aromatic nitrogens is 6. The molecular weight excluding hydrogens is 484 g/mol. The summed E-state index contributed by atoms with van der Waals surface area (Å²) in [7, 11) is 0.